The van der Waals surface area contributed by atoms with Crippen LogP contribution in [0, 0.1) is 0 Å². The predicted molar refractivity (Wildman–Crippen MR) is 82.1 cm³/mol. The highest BCUT2D eigenvalue weighted by Gasteiger charge is 2.17. The van der Waals surface area contributed by atoms with Gasteiger partial charge in [0.15, 0.2) is 0 Å². The number of aromatic nitrogens is 2. The van der Waals surface area contributed by atoms with Crippen molar-refractivity contribution in [3.8, 4) is 0 Å². The van der Waals surface area contributed by atoms with Crippen LogP contribution in [0.15, 0.2) is 52.6 Å². The van der Waals surface area contributed by atoms with Gasteiger partial charge in [-0.05, 0) is 12.5 Å². The number of hydrogen-bond acceptors (Lipinski definition) is 5. The van der Waals surface area contributed by atoms with E-state index < -0.39 is 0 Å². The normalized spacial score (nSPS) is 11.9. The molecule has 110 valence electrons. The summed E-state index contributed by atoms with van der Waals surface area (Å²) < 4.78 is 5.55. The second-order valence-electron chi connectivity index (χ2n) is 4.42. The van der Waals surface area contributed by atoms with Gasteiger partial charge < -0.3 is 9.73 Å². The summed E-state index contributed by atoms with van der Waals surface area (Å²) in [4.78, 5) is 11.7. The van der Waals surface area contributed by atoms with E-state index in [0.29, 0.717) is 24.1 Å². The van der Waals surface area contributed by atoms with Crippen molar-refractivity contribution in [3.63, 3.8) is 0 Å². The molecular weight excluding hydrogens is 286 g/mol. The number of carbonyl (C=O) groups is 1. The minimum atomic E-state index is -0.296. The monoisotopic (exact) mass is 303 g/mol. The lowest BCUT2D eigenvalue weighted by molar-refractivity contribution is -0.120. The van der Waals surface area contributed by atoms with Crippen LogP contribution in [0.4, 0.5) is 0 Å². The first kappa shape index (κ1) is 15.3. The van der Waals surface area contributed by atoms with Crippen molar-refractivity contribution in [2.45, 2.75) is 23.8 Å². The molecule has 1 aromatic heterocycles. The van der Waals surface area contributed by atoms with E-state index in [4.69, 9.17) is 4.42 Å². The van der Waals surface area contributed by atoms with E-state index in [1.807, 2.05) is 30.3 Å². The van der Waals surface area contributed by atoms with Crippen LogP contribution in [0.2, 0.25) is 0 Å². The third kappa shape index (κ3) is 4.75. The maximum Gasteiger partial charge on any atom is 0.277 e. The van der Waals surface area contributed by atoms with Crippen molar-refractivity contribution in [1.82, 2.24) is 15.5 Å². The Hall–Kier alpha value is -2.08. The molecule has 0 unspecified atom stereocenters. The molecule has 6 heteroatoms. The Kier molecular flexibility index (Phi) is 5.57. The van der Waals surface area contributed by atoms with E-state index in [9.17, 15) is 4.79 Å². The largest absolute Gasteiger partial charge is 0.416 e. The molecule has 5 nitrogen and oxygen atoms in total. The van der Waals surface area contributed by atoms with E-state index in [2.05, 4.69) is 22.1 Å². The highest BCUT2D eigenvalue weighted by Crippen LogP contribution is 2.22. The Morgan fingerprint density at radius 3 is 2.90 bits per heavy atom. The molecule has 0 aliphatic rings. The Morgan fingerprint density at radius 2 is 2.19 bits per heavy atom. The van der Waals surface area contributed by atoms with Gasteiger partial charge in [0.05, 0.1) is 11.7 Å². The fraction of sp³-hybridized carbons (Fsp3) is 0.267. The summed E-state index contributed by atoms with van der Waals surface area (Å²) in [5.74, 6) is 0.463. The summed E-state index contributed by atoms with van der Waals surface area (Å²) in [5, 5.41) is 10.8. The van der Waals surface area contributed by atoms with Crippen molar-refractivity contribution in [2.75, 3.05) is 6.54 Å². The summed E-state index contributed by atoms with van der Waals surface area (Å²) in [6.45, 7) is 5.80. The van der Waals surface area contributed by atoms with Crippen LogP contribution in [-0.2, 0) is 11.2 Å². The molecule has 2 rings (SSSR count). The number of nitrogens with zero attached hydrogens (tertiary/aromatic N) is 2. The molecule has 1 heterocycles. The minimum Gasteiger partial charge on any atom is -0.416 e. The smallest absolute Gasteiger partial charge is 0.277 e. The van der Waals surface area contributed by atoms with Crippen LogP contribution in [0.5, 0.6) is 0 Å². The maximum atomic E-state index is 11.7. The fourth-order valence-corrected chi connectivity index (χ4v) is 2.37. The standard InChI is InChI=1S/C15H17N3O2S/c1-3-9-16-14(19)11(2)21-15-18-17-13(20-15)10-12-7-5-4-6-8-12/h3-8,11H,1,9-10H2,2H3,(H,16,19)/t11-/m1/s1. The first-order valence-electron chi connectivity index (χ1n) is 6.60. The molecule has 0 fully saturated rings. The quantitative estimate of drug-likeness (QED) is 0.628. The third-order valence-electron chi connectivity index (χ3n) is 2.71. The minimum absolute atomic E-state index is 0.0808. The third-order valence-corrected chi connectivity index (χ3v) is 3.65. The van der Waals surface area contributed by atoms with Gasteiger partial charge in [0.25, 0.3) is 5.22 Å². The lowest BCUT2D eigenvalue weighted by atomic mass is 10.2. The number of nitrogens with one attached hydrogen (secondary N) is 1. The van der Waals surface area contributed by atoms with Crippen LogP contribution >= 0.6 is 11.8 Å². The van der Waals surface area contributed by atoms with Gasteiger partial charge in [-0.3, -0.25) is 4.79 Å². The molecule has 0 bridgehead atoms. The Morgan fingerprint density at radius 1 is 1.43 bits per heavy atom. The molecule has 0 saturated carbocycles. The molecule has 0 aliphatic heterocycles. The number of thioether (sulfide) groups is 1. The average Bonchev–Trinajstić information content (AvgIpc) is 2.92. The highest BCUT2D eigenvalue weighted by atomic mass is 32.2. The first-order valence-corrected chi connectivity index (χ1v) is 7.48. The number of amides is 1. The Labute approximate surface area is 127 Å². The zero-order valence-corrected chi connectivity index (χ0v) is 12.6. The number of benzene rings is 1. The van der Waals surface area contributed by atoms with Gasteiger partial charge in [-0.1, -0.05) is 48.2 Å². The van der Waals surface area contributed by atoms with Gasteiger partial charge in [0.2, 0.25) is 11.8 Å². The van der Waals surface area contributed by atoms with Gasteiger partial charge in [-0.25, -0.2) is 0 Å². The second kappa shape index (κ2) is 7.64. The molecular formula is C15H17N3O2S. The average molecular weight is 303 g/mol. The summed E-state index contributed by atoms with van der Waals surface area (Å²) in [6, 6.07) is 9.90. The van der Waals surface area contributed by atoms with E-state index >= 15 is 0 Å². The molecule has 1 atom stereocenters. The summed E-state index contributed by atoms with van der Waals surface area (Å²) in [6.07, 6.45) is 2.23. The molecule has 0 radical (unpaired) electrons. The van der Waals surface area contributed by atoms with Crippen LogP contribution in [0.3, 0.4) is 0 Å². The van der Waals surface area contributed by atoms with Gasteiger partial charge in [0.1, 0.15) is 0 Å². The lowest BCUT2D eigenvalue weighted by Gasteiger charge is -2.07. The summed E-state index contributed by atoms with van der Waals surface area (Å²) in [5.41, 5.74) is 1.11. The van der Waals surface area contributed by atoms with Gasteiger partial charge in [-0.2, -0.15) is 0 Å². The van der Waals surface area contributed by atoms with Crippen LogP contribution in [-0.4, -0.2) is 27.9 Å². The topological polar surface area (TPSA) is 68.0 Å². The van der Waals surface area contributed by atoms with Crippen LogP contribution in [0.25, 0.3) is 0 Å². The first-order chi connectivity index (χ1) is 10.2. The van der Waals surface area contributed by atoms with Gasteiger partial charge in [0, 0.05) is 6.54 Å². The molecule has 1 N–H and O–H groups in total. The highest BCUT2D eigenvalue weighted by molar-refractivity contribution is 8.00. The molecule has 0 spiro atoms. The molecule has 21 heavy (non-hydrogen) atoms. The van der Waals surface area contributed by atoms with E-state index in [0.717, 1.165) is 5.56 Å². The van der Waals surface area contributed by atoms with Crippen molar-refractivity contribution in [3.05, 3.63) is 54.4 Å². The number of hydrogen-bond donors (Lipinski definition) is 1. The summed E-state index contributed by atoms with van der Waals surface area (Å²) in [7, 11) is 0. The maximum absolute atomic E-state index is 11.7. The molecule has 0 aliphatic carbocycles. The Bertz CT molecular complexity index is 598. The van der Waals surface area contributed by atoms with E-state index in [-0.39, 0.29) is 11.2 Å². The lowest BCUT2D eigenvalue weighted by Crippen LogP contribution is -2.30. The van der Waals surface area contributed by atoms with Crippen molar-refractivity contribution in [2.24, 2.45) is 0 Å². The zero-order valence-electron chi connectivity index (χ0n) is 11.8. The van der Waals surface area contributed by atoms with E-state index in [1.165, 1.54) is 11.8 Å². The van der Waals surface area contributed by atoms with Crippen molar-refractivity contribution >= 4 is 17.7 Å². The molecule has 0 saturated heterocycles. The van der Waals surface area contributed by atoms with Gasteiger partial charge >= 0.3 is 0 Å². The summed E-state index contributed by atoms with van der Waals surface area (Å²) >= 11 is 1.25. The number of rotatable bonds is 7. The number of carbonyl (C=O) groups excluding carboxylic acids is 1. The zero-order chi connectivity index (χ0) is 15.1. The van der Waals surface area contributed by atoms with Crippen molar-refractivity contribution in [1.29, 1.82) is 0 Å². The molecule has 1 aromatic carbocycles. The Balaban J connectivity index is 1.91. The fourth-order valence-electron chi connectivity index (χ4n) is 1.65. The second-order valence-corrected chi connectivity index (χ2v) is 5.71. The predicted octanol–water partition coefficient (Wildman–Crippen LogP) is 2.44. The SMILES string of the molecule is C=CCNC(=O)[C@@H](C)Sc1nnc(Cc2ccccc2)o1. The molecule has 1 amide bonds. The van der Waals surface area contributed by atoms with Crippen molar-refractivity contribution < 1.29 is 9.21 Å². The van der Waals surface area contributed by atoms with Gasteiger partial charge in [-0.15, -0.1) is 16.8 Å². The van der Waals surface area contributed by atoms with Crippen LogP contribution in [0.1, 0.15) is 18.4 Å². The van der Waals surface area contributed by atoms with E-state index in [1.54, 1.807) is 13.0 Å². The molecule has 2 aromatic rings. The van der Waals surface area contributed by atoms with Crippen LogP contribution < -0.4 is 5.32 Å².